The van der Waals surface area contributed by atoms with Crippen molar-refractivity contribution in [1.29, 1.82) is 0 Å². The summed E-state index contributed by atoms with van der Waals surface area (Å²) in [6, 6.07) is 3.84. The van der Waals surface area contributed by atoms with E-state index in [0.29, 0.717) is 5.69 Å². The molecule has 0 aromatic heterocycles. The summed E-state index contributed by atoms with van der Waals surface area (Å²) in [7, 11) is 0. The Morgan fingerprint density at radius 3 is 2.78 bits per heavy atom. The number of fused-ring (bicyclic) bond motifs is 1. The fourth-order valence-corrected chi connectivity index (χ4v) is 4.19. The molecule has 1 N–H and O–H groups in total. The number of likely N-dealkylation sites (tertiary alicyclic amines) is 1. The van der Waals surface area contributed by atoms with Gasteiger partial charge in [-0.2, -0.15) is 0 Å². The summed E-state index contributed by atoms with van der Waals surface area (Å²) >= 11 is 5.99. The van der Waals surface area contributed by atoms with Crippen LogP contribution in [0.5, 0.6) is 0 Å². The Kier molecular flexibility index (Phi) is 5.22. The van der Waals surface area contributed by atoms with Crippen molar-refractivity contribution < 1.29 is 9.18 Å². The van der Waals surface area contributed by atoms with Crippen molar-refractivity contribution in [3.63, 3.8) is 0 Å². The van der Waals surface area contributed by atoms with Crippen molar-refractivity contribution in [2.24, 2.45) is 11.8 Å². The number of anilines is 1. The van der Waals surface area contributed by atoms with Crippen LogP contribution in [0, 0.1) is 17.7 Å². The predicted molar refractivity (Wildman–Crippen MR) is 91.1 cm³/mol. The highest BCUT2D eigenvalue weighted by Gasteiger charge is 2.34. The SMILES string of the molecule is C[C@@H](C(=O)Nc1ccc(F)cc1Cl)N1CC[C@@H]2CCCC[C@@H]2C1. The highest BCUT2D eigenvalue weighted by Crippen LogP contribution is 2.36. The first-order valence-electron chi connectivity index (χ1n) is 8.54. The first-order chi connectivity index (χ1) is 11.0. The number of halogens is 2. The molecule has 0 radical (unpaired) electrons. The van der Waals surface area contributed by atoms with Crippen LogP contribution in [-0.2, 0) is 4.79 Å². The molecule has 1 saturated carbocycles. The number of carbonyl (C=O) groups is 1. The van der Waals surface area contributed by atoms with Gasteiger partial charge < -0.3 is 5.32 Å². The third-order valence-electron chi connectivity index (χ3n) is 5.44. The van der Waals surface area contributed by atoms with Crippen molar-refractivity contribution in [1.82, 2.24) is 4.90 Å². The van der Waals surface area contributed by atoms with Gasteiger partial charge in [-0.1, -0.05) is 30.9 Å². The lowest BCUT2D eigenvalue weighted by molar-refractivity contribution is -0.122. The van der Waals surface area contributed by atoms with E-state index in [1.165, 1.54) is 50.3 Å². The Morgan fingerprint density at radius 1 is 1.30 bits per heavy atom. The molecule has 1 amide bonds. The summed E-state index contributed by atoms with van der Waals surface area (Å²) in [5.41, 5.74) is 0.470. The van der Waals surface area contributed by atoms with Crippen molar-refractivity contribution in [3.05, 3.63) is 29.0 Å². The maximum absolute atomic E-state index is 13.1. The molecule has 1 aliphatic heterocycles. The van der Waals surface area contributed by atoms with Crippen LogP contribution in [0.4, 0.5) is 10.1 Å². The Morgan fingerprint density at radius 2 is 2.04 bits per heavy atom. The van der Waals surface area contributed by atoms with Gasteiger partial charge in [0, 0.05) is 6.54 Å². The standard InChI is InChI=1S/C18H24ClFN2O/c1-12(18(23)21-17-7-6-15(20)10-16(17)19)22-9-8-13-4-2-3-5-14(13)11-22/h6-7,10,12-14H,2-5,8-9,11H2,1H3,(H,21,23)/t12-,13-,14+/m0/s1. The monoisotopic (exact) mass is 338 g/mol. The van der Waals surface area contributed by atoms with Gasteiger partial charge in [-0.05, 0) is 56.3 Å². The second-order valence-corrected chi connectivity index (χ2v) is 7.28. The van der Waals surface area contributed by atoms with Crippen LogP contribution >= 0.6 is 11.6 Å². The molecule has 1 aromatic carbocycles. The summed E-state index contributed by atoms with van der Waals surface area (Å²) in [4.78, 5) is 14.8. The maximum atomic E-state index is 13.1. The van der Waals surface area contributed by atoms with E-state index in [-0.39, 0.29) is 17.0 Å². The number of piperidine rings is 1. The van der Waals surface area contributed by atoms with Crippen molar-refractivity contribution >= 4 is 23.2 Å². The molecule has 2 fully saturated rings. The van der Waals surface area contributed by atoms with Gasteiger partial charge in [0.15, 0.2) is 0 Å². The fraction of sp³-hybridized carbons (Fsp3) is 0.611. The molecule has 3 nitrogen and oxygen atoms in total. The predicted octanol–water partition coefficient (Wildman–Crippen LogP) is 4.32. The lowest BCUT2D eigenvalue weighted by Gasteiger charge is -2.43. The molecule has 1 saturated heterocycles. The molecule has 0 unspecified atom stereocenters. The molecular weight excluding hydrogens is 315 g/mol. The lowest BCUT2D eigenvalue weighted by atomic mass is 9.75. The van der Waals surface area contributed by atoms with Gasteiger partial charge in [0.2, 0.25) is 5.91 Å². The lowest BCUT2D eigenvalue weighted by Crippen LogP contribution is -2.49. The van der Waals surface area contributed by atoms with Crippen LogP contribution in [-0.4, -0.2) is 29.9 Å². The minimum absolute atomic E-state index is 0.0761. The van der Waals surface area contributed by atoms with Crippen LogP contribution in [0.25, 0.3) is 0 Å². The number of carbonyl (C=O) groups excluding carboxylic acids is 1. The largest absolute Gasteiger partial charge is 0.323 e. The molecule has 3 atom stereocenters. The van der Waals surface area contributed by atoms with Crippen LogP contribution < -0.4 is 5.32 Å². The number of nitrogens with one attached hydrogen (secondary N) is 1. The average Bonchev–Trinajstić information content (AvgIpc) is 2.56. The van der Waals surface area contributed by atoms with E-state index in [4.69, 9.17) is 11.6 Å². The van der Waals surface area contributed by atoms with Crippen molar-refractivity contribution in [3.8, 4) is 0 Å². The summed E-state index contributed by atoms with van der Waals surface area (Å²) in [5.74, 6) is 1.11. The molecule has 126 valence electrons. The molecule has 5 heteroatoms. The molecule has 3 rings (SSSR count). The summed E-state index contributed by atoms with van der Waals surface area (Å²) in [6.07, 6.45) is 6.52. The van der Waals surface area contributed by atoms with E-state index in [0.717, 1.165) is 24.9 Å². The van der Waals surface area contributed by atoms with Gasteiger partial charge in [0.25, 0.3) is 0 Å². The first-order valence-corrected chi connectivity index (χ1v) is 8.92. The molecular formula is C18H24ClFN2O. The molecule has 0 bridgehead atoms. The van der Waals surface area contributed by atoms with Crippen LogP contribution in [0.2, 0.25) is 5.02 Å². The zero-order valence-corrected chi connectivity index (χ0v) is 14.3. The average molecular weight is 339 g/mol. The van der Waals surface area contributed by atoms with E-state index in [1.807, 2.05) is 6.92 Å². The number of hydrogen-bond acceptors (Lipinski definition) is 2. The molecule has 1 aromatic rings. The maximum Gasteiger partial charge on any atom is 0.241 e. The quantitative estimate of drug-likeness (QED) is 0.890. The number of nitrogens with zero attached hydrogens (tertiary/aromatic N) is 1. The molecule has 1 heterocycles. The fourth-order valence-electron chi connectivity index (χ4n) is 3.97. The summed E-state index contributed by atoms with van der Waals surface area (Å²) < 4.78 is 13.1. The second-order valence-electron chi connectivity index (χ2n) is 6.88. The zero-order valence-electron chi connectivity index (χ0n) is 13.5. The second kappa shape index (κ2) is 7.18. The van der Waals surface area contributed by atoms with E-state index in [9.17, 15) is 9.18 Å². The third kappa shape index (κ3) is 3.86. The Labute approximate surface area is 142 Å². The molecule has 23 heavy (non-hydrogen) atoms. The molecule has 0 spiro atoms. The molecule has 2 aliphatic rings. The van der Waals surface area contributed by atoms with Crippen molar-refractivity contribution in [2.75, 3.05) is 18.4 Å². The Hall–Kier alpha value is -1.13. The normalized spacial score (nSPS) is 26.4. The van der Waals surface area contributed by atoms with Crippen LogP contribution in [0.1, 0.15) is 39.0 Å². The van der Waals surface area contributed by atoms with E-state index >= 15 is 0 Å². The third-order valence-corrected chi connectivity index (χ3v) is 5.75. The topological polar surface area (TPSA) is 32.3 Å². The van der Waals surface area contributed by atoms with Gasteiger partial charge in [-0.25, -0.2) is 4.39 Å². The molecule has 1 aliphatic carbocycles. The van der Waals surface area contributed by atoms with Gasteiger partial charge in [0.1, 0.15) is 5.82 Å². The summed E-state index contributed by atoms with van der Waals surface area (Å²) in [5, 5.41) is 3.06. The van der Waals surface area contributed by atoms with Gasteiger partial charge in [-0.15, -0.1) is 0 Å². The van der Waals surface area contributed by atoms with Gasteiger partial charge in [-0.3, -0.25) is 9.69 Å². The number of hydrogen-bond donors (Lipinski definition) is 1. The van der Waals surface area contributed by atoms with E-state index in [1.54, 1.807) is 0 Å². The zero-order chi connectivity index (χ0) is 16.4. The Bertz CT molecular complexity index is 580. The minimum atomic E-state index is -0.402. The van der Waals surface area contributed by atoms with Gasteiger partial charge >= 0.3 is 0 Å². The number of amides is 1. The van der Waals surface area contributed by atoms with Crippen molar-refractivity contribution in [2.45, 2.75) is 45.1 Å². The van der Waals surface area contributed by atoms with Gasteiger partial charge in [0.05, 0.1) is 16.8 Å². The highest BCUT2D eigenvalue weighted by atomic mass is 35.5. The van der Waals surface area contributed by atoms with Crippen LogP contribution in [0.3, 0.4) is 0 Å². The highest BCUT2D eigenvalue weighted by molar-refractivity contribution is 6.33. The number of benzene rings is 1. The summed E-state index contributed by atoms with van der Waals surface area (Å²) in [6.45, 7) is 3.93. The van der Waals surface area contributed by atoms with E-state index < -0.39 is 5.82 Å². The Balaban J connectivity index is 1.61. The van der Waals surface area contributed by atoms with Crippen LogP contribution in [0.15, 0.2) is 18.2 Å². The number of rotatable bonds is 3. The minimum Gasteiger partial charge on any atom is -0.323 e. The first kappa shape index (κ1) is 16.7. The van der Waals surface area contributed by atoms with E-state index in [2.05, 4.69) is 10.2 Å². The smallest absolute Gasteiger partial charge is 0.241 e.